The zero-order valence-corrected chi connectivity index (χ0v) is 12.3. The summed E-state index contributed by atoms with van der Waals surface area (Å²) in [5, 5.41) is 0. The molecule has 20 heavy (non-hydrogen) atoms. The normalized spacial score (nSPS) is 20.9. The summed E-state index contributed by atoms with van der Waals surface area (Å²) >= 11 is 0. The zero-order valence-electron chi connectivity index (χ0n) is 11.4. The lowest BCUT2D eigenvalue weighted by Crippen LogP contribution is -2.32. The van der Waals surface area contributed by atoms with Gasteiger partial charge in [-0.2, -0.15) is 0 Å². The Kier molecular flexibility index (Phi) is 3.06. The van der Waals surface area contributed by atoms with E-state index in [4.69, 9.17) is 5.73 Å². The highest BCUT2D eigenvalue weighted by atomic mass is 32.2. The molecular weight excluding hydrogens is 279 g/mol. The molecular formula is C14H19FN2O2S. The predicted molar refractivity (Wildman–Crippen MR) is 75.1 cm³/mol. The summed E-state index contributed by atoms with van der Waals surface area (Å²) in [6.07, 6.45) is 4.51. The maximum Gasteiger partial charge on any atom is 0.243 e. The van der Waals surface area contributed by atoms with Crippen LogP contribution in [0.1, 0.15) is 31.2 Å². The van der Waals surface area contributed by atoms with Gasteiger partial charge in [-0.25, -0.2) is 17.5 Å². The molecule has 0 radical (unpaired) electrons. The van der Waals surface area contributed by atoms with Gasteiger partial charge < -0.3 is 5.73 Å². The summed E-state index contributed by atoms with van der Waals surface area (Å²) in [5.74, 6) is -0.0689. The average molecular weight is 298 g/mol. The molecule has 1 aromatic carbocycles. The summed E-state index contributed by atoms with van der Waals surface area (Å²) in [6.45, 7) is 1.92. The second-order valence-electron chi connectivity index (χ2n) is 6.11. The van der Waals surface area contributed by atoms with Gasteiger partial charge in [0.2, 0.25) is 10.0 Å². The van der Waals surface area contributed by atoms with Gasteiger partial charge in [0.05, 0.1) is 0 Å². The van der Waals surface area contributed by atoms with Crippen molar-refractivity contribution in [2.75, 3.05) is 12.3 Å². The summed E-state index contributed by atoms with van der Waals surface area (Å²) in [4.78, 5) is -0.346. The summed E-state index contributed by atoms with van der Waals surface area (Å²) in [5.41, 5.74) is 6.26. The number of hydrogen-bond acceptors (Lipinski definition) is 3. The lowest BCUT2D eigenvalue weighted by Gasteiger charge is -2.16. The number of halogens is 1. The number of hydrogen-bond donors (Lipinski definition) is 2. The van der Waals surface area contributed by atoms with Gasteiger partial charge in [0.25, 0.3) is 0 Å². The molecule has 0 spiro atoms. The molecule has 2 fully saturated rings. The van der Waals surface area contributed by atoms with Gasteiger partial charge in [-0.05, 0) is 61.6 Å². The topological polar surface area (TPSA) is 72.2 Å². The Morgan fingerprint density at radius 3 is 2.60 bits per heavy atom. The van der Waals surface area contributed by atoms with Crippen molar-refractivity contribution in [3.05, 3.63) is 23.5 Å². The largest absolute Gasteiger partial charge is 0.399 e. The van der Waals surface area contributed by atoms with Crippen molar-refractivity contribution in [1.82, 2.24) is 4.72 Å². The van der Waals surface area contributed by atoms with Crippen LogP contribution in [0.25, 0.3) is 0 Å². The Hall–Kier alpha value is -1.14. The third-order valence-electron chi connectivity index (χ3n) is 4.48. The lowest BCUT2D eigenvalue weighted by molar-refractivity contribution is 0.431. The van der Waals surface area contributed by atoms with Crippen LogP contribution in [0.15, 0.2) is 17.0 Å². The highest BCUT2D eigenvalue weighted by Crippen LogP contribution is 2.60. The second-order valence-corrected chi connectivity index (χ2v) is 7.85. The van der Waals surface area contributed by atoms with E-state index in [1.807, 2.05) is 0 Å². The molecule has 0 unspecified atom stereocenters. The van der Waals surface area contributed by atoms with Crippen molar-refractivity contribution >= 4 is 15.7 Å². The number of nitrogen functional groups attached to an aromatic ring is 1. The maximum atomic E-state index is 14.0. The Balaban J connectivity index is 1.81. The minimum atomic E-state index is -3.84. The molecule has 0 aliphatic heterocycles. The smallest absolute Gasteiger partial charge is 0.243 e. The molecule has 3 N–H and O–H groups in total. The molecule has 0 bridgehead atoms. The minimum Gasteiger partial charge on any atom is -0.399 e. The van der Waals surface area contributed by atoms with Crippen molar-refractivity contribution < 1.29 is 12.8 Å². The number of sulfonamides is 1. The van der Waals surface area contributed by atoms with E-state index < -0.39 is 15.8 Å². The fraction of sp³-hybridized carbons (Fsp3) is 0.571. The van der Waals surface area contributed by atoms with Crippen molar-refractivity contribution in [2.24, 2.45) is 11.3 Å². The van der Waals surface area contributed by atoms with E-state index in [2.05, 4.69) is 4.72 Å². The van der Waals surface area contributed by atoms with Crippen molar-refractivity contribution in [3.8, 4) is 0 Å². The van der Waals surface area contributed by atoms with Crippen LogP contribution in [0, 0.1) is 24.1 Å². The maximum absolute atomic E-state index is 14.0. The SMILES string of the molecule is Cc1cc(N)cc(S(=O)(=O)NCC2(C3CC3)CC2)c1F. The summed E-state index contributed by atoms with van der Waals surface area (Å²) in [6, 6.07) is 2.61. The number of nitrogens with one attached hydrogen (secondary N) is 1. The van der Waals surface area contributed by atoms with Gasteiger partial charge in [0.15, 0.2) is 0 Å². The fourth-order valence-corrected chi connectivity index (χ4v) is 4.18. The van der Waals surface area contributed by atoms with E-state index in [1.54, 1.807) is 0 Å². The Morgan fingerprint density at radius 2 is 2.05 bits per heavy atom. The van der Waals surface area contributed by atoms with Crippen LogP contribution < -0.4 is 10.5 Å². The molecule has 4 nitrogen and oxygen atoms in total. The minimum absolute atomic E-state index is 0.138. The number of nitrogens with two attached hydrogens (primary N) is 1. The molecule has 2 saturated carbocycles. The molecule has 2 aliphatic rings. The van der Waals surface area contributed by atoms with E-state index in [1.165, 1.54) is 31.9 Å². The number of aryl methyl sites for hydroxylation is 1. The number of benzene rings is 1. The predicted octanol–water partition coefficient (Wildman–Crippen LogP) is 2.18. The highest BCUT2D eigenvalue weighted by Gasteiger charge is 2.53. The van der Waals surface area contributed by atoms with Crippen LogP contribution in [-0.4, -0.2) is 15.0 Å². The molecule has 0 heterocycles. The van der Waals surface area contributed by atoms with Gasteiger partial charge in [0.1, 0.15) is 10.7 Å². The standard InChI is InChI=1S/C14H19FN2O2S/c1-9-6-11(16)7-12(13(9)15)20(18,19)17-8-14(4-5-14)10-2-3-10/h6-7,10,17H,2-5,8,16H2,1H3. The Morgan fingerprint density at radius 1 is 1.40 bits per heavy atom. The number of rotatable bonds is 5. The van der Waals surface area contributed by atoms with E-state index in [0.29, 0.717) is 12.5 Å². The average Bonchev–Trinajstić information content (AvgIpc) is 3.24. The second kappa shape index (κ2) is 4.43. The van der Waals surface area contributed by atoms with Crippen molar-refractivity contribution in [3.63, 3.8) is 0 Å². The van der Waals surface area contributed by atoms with Crippen LogP contribution in [0.4, 0.5) is 10.1 Å². The Labute approximate surface area is 118 Å². The van der Waals surface area contributed by atoms with Crippen LogP contribution in [0.5, 0.6) is 0 Å². The third kappa shape index (κ3) is 2.42. The summed E-state index contributed by atoms with van der Waals surface area (Å²) in [7, 11) is -3.84. The third-order valence-corrected chi connectivity index (χ3v) is 5.88. The molecule has 0 amide bonds. The molecule has 3 rings (SSSR count). The molecule has 110 valence electrons. The molecule has 1 aromatic rings. The first-order chi connectivity index (χ1) is 9.34. The Bertz CT molecular complexity index is 649. The molecule has 2 aliphatic carbocycles. The van der Waals surface area contributed by atoms with Gasteiger partial charge in [-0.3, -0.25) is 0 Å². The highest BCUT2D eigenvalue weighted by molar-refractivity contribution is 7.89. The molecule has 0 atom stereocenters. The van der Waals surface area contributed by atoms with Gasteiger partial charge in [-0.1, -0.05) is 0 Å². The first-order valence-corrected chi connectivity index (χ1v) is 8.38. The number of anilines is 1. The fourth-order valence-electron chi connectivity index (χ4n) is 2.86. The zero-order chi connectivity index (χ0) is 14.5. The first kappa shape index (κ1) is 13.8. The van der Waals surface area contributed by atoms with Crippen molar-refractivity contribution in [2.45, 2.75) is 37.5 Å². The van der Waals surface area contributed by atoms with Crippen LogP contribution in [0.3, 0.4) is 0 Å². The van der Waals surface area contributed by atoms with Gasteiger partial charge >= 0.3 is 0 Å². The van der Waals surface area contributed by atoms with E-state index in [0.717, 1.165) is 12.8 Å². The van der Waals surface area contributed by atoms with Gasteiger partial charge in [0, 0.05) is 12.2 Å². The van der Waals surface area contributed by atoms with Crippen LogP contribution in [-0.2, 0) is 10.0 Å². The lowest BCUT2D eigenvalue weighted by atomic mass is 10.0. The monoisotopic (exact) mass is 298 g/mol. The summed E-state index contributed by atoms with van der Waals surface area (Å²) < 4.78 is 41.1. The van der Waals surface area contributed by atoms with E-state index in [9.17, 15) is 12.8 Å². The van der Waals surface area contributed by atoms with E-state index >= 15 is 0 Å². The first-order valence-electron chi connectivity index (χ1n) is 6.89. The molecule has 0 saturated heterocycles. The molecule has 6 heteroatoms. The molecule has 0 aromatic heterocycles. The van der Waals surface area contributed by atoms with Crippen LogP contribution >= 0.6 is 0 Å². The van der Waals surface area contributed by atoms with E-state index in [-0.39, 0.29) is 21.6 Å². The quantitative estimate of drug-likeness (QED) is 0.818. The van der Waals surface area contributed by atoms with Crippen molar-refractivity contribution in [1.29, 1.82) is 0 Å². The van der Waals surface area contributed by atoms with Crippen LogP contribution in [0.2, 0.25) is 0 Å². The van der Waals surface area contributed by atoms with Gasteiger partial charge in [-0.15, -0.1) is 0 Å².